The number of benzene rings is 1. The molecule has 6 heteroatoms. The quantitative estimate of drug-likeness (QED) is 0.605. The van der Waals surface area contributed by atoms with Crippen LogP contribution < -0.4 is 5.32 Å². The van der Waals surface area contributed by atoms with E-state index >= 15 is 0 Å². The average Bonchev–Trinajstić information content (AvgIpc) is 3.04. The van der Waals surface area contributed by atoms with Gasteiger partial charge in [0.2, 0.25) is 5.95 Å². The molecule has 0 unspecified atom stereocenters. The Morgan fingerprint density at radius 3 is 2.77 bits per heavy atom. The Morgan fingerprint density at radius 2 is 1.86 bits per heavy atom. The van der Waals surface area contributed by atoms with Crippen LogP contribution in [0.25, 0.3) is 22.4 Å². The summed E-state index contributed by atoms with van der Waals surface area (Å²) >= 11 is 0. The van der Waals surface area contributed by atoms with Crippen molar-refractivity contribution in [1.82, 2.24) is 24.9 Å². The van der Waals surface area contributed by atoms with Crippen molar-refractivity contribution in [3.63, 3.8) is 0 Å². The van der Waals surface area contributed by atoms with Gasteiger partial charge in [0.25, 0.3) is 0 Å². The first-order valence-corrected chi connectivity index (χ1v) is 6.83. The molecular weight excluding hydrogens is 276 g/mol. The van der Waals surface area contributed by atoms with Crippen molar-refractivity contribution >= 4 is 22.7 Å². The van der Waals surface area contributed by atoms with Gasteiger partial charge in [-0.15, -0.1) is 0 Å². The van der Waals surface area contributed by atoms with E-state index < -0.39 is 0 Å². The summed E-state index contributed by atoms with van der Waals surface area (Å²) in [4.78, 5) is 20.3. The molecule has 22 heavy (non-hydrogen) atoms. The zero-order valence-electron chi connectivity index (χ0n) is 11.6. The van der Waals surface area contributed by atoms with Gasteiger partial charge in [-0.1, -0.05) is 6.07 Å². The molecule has 0 aliphatic carbocycles. The molecule has 0 saturated carbocycles. The molecule has 0 bridgehead atoms. The topological polar surface area (TPSA) is 79.4 Å². The second-order valence-corrected chi connectivity index (χ2v) is 4.74. The minimum atomic E-state index is 0.530. The van der Waals surface area contributed by atoms with Gasteiger partial charge in [-0.2, -0.15) is 0 Å². The monoisotopic (exact) mass is 288 g/mol. The first-order chi connectivity index (χ1) is 10.9. The fraction of sp³-hybridized carbons (Fsp3) is 0. The number of hydrogen-bond acceptors (Lipinski definition) is 5. The molecular formula is C16H12N6. The molecule has 3 aromatic heterocycles. The Kier molecular flexibility index (Phi) is 2.97. The minimum Gasteiger partial charge on any atom is -0.345 e. The van der Waals surface area contributed by atoms with Gasteiger partial charge in [-0.25, -0.2) is 15.0 Å². The van der Waals surface area contributed by atoms with E-state index in [0.29, 0.717) is 5.95 Å². The highest BCUT2D eigenvalue weighted by Crippen LogP contribution is 2.20. The van der Waals surface area contributed by atoms with Crippen LogP contribution in [0.2, 0.25) is 0 Å². The van der Waals surface area contributed by atoms with Gasteiger partial charge in [-0.3, -0.25) is 4.98 Å². The Bertz CT molecular complexity index is 916. The fourth-order valence-corrected chi connectivity index (χ4v) is 2.22. The third-order valence-corrected chi connectivity index (χ3v) is 3.26. The maximum absolute atomic E-state index is 4.50. The number of imidazole rings is 1. The molecule has 0 spiro atoms. The van der Waals surface area contributed by atoms with E-state index in [9.17, 15) is 0 Å². The SMILES string of the molecule is c1ccc(-c2ccnc(Nc3ccc4nc[nH]c4c3)n2)nc1. The average molecular weight is 288 g/mol. The molecule has 4 aromatic rings. The molecule has 0 radical (unpaired) electrons. The molecule has 0 aliphatic rings. The first-order valence-electron chi connectivity index (χ1n) is 6.83. The fourth-order valence-electron chi connectivity index (χ4n) is 2.22. The number of nitrogens with zero attached hydrogens (tertiary/aromatic N) is 4. The smallest absolute Gasteiger partial charge is 0.227 e. The molecule has 0 atom stereocenters. The third-order valence-electron chi connectivity index (χ3n) is 3.26. The Hall–Kier alpha value is -3.28. The Labute approximate surface area is 126 Å². The number of anilines is 2. The van der Waals surface area contributed by atoms with Crippen LogP contribution in [0.5, 0.6) is 0 Å². The second-order valence-electron chi connectivity index (χ2n) is 4.74. The number of fused-ring (bicyclic) bond motifs is 1. The van der Waals surface area contributed by atoms with Crippen LogP contribution in [-0.2, 0) is 0 Å². The number of pyridine rings is 1. The van der Waals surface area contributed by atoms with Crippen LogP contribution in [0.15, 0.2) is 61.2 Å². The van der Waals surface area contributed by atoms with Crippen LogP contribution in [-0.4, -0.2) is 24.9 Å². The number of hydrogen-bond donors (Lipinski definition) is 2. The lowest BCUT2D eigenvalue weighted by Gasteiger charge is -2.06. The lowest BCUT2D eigenvalue weighted by atomic mass is 10.2. The van der Waals surface area contributed by atoms with Crippen molar-refractivity contribution in [2.45, 2.75) is 0 Å². The maximum Gasteiger partial charge on any atom is 0.227 e. The van der Waals surface area contributed by atoms with Gasteiger partial charge < -0.3 is 10.3 Å². The van der Waals surface area contributed by atoms with Gasteiger partial charge >= 0.3 is 0 Å². The predicted molar refractivity (Wildman–Crippen MR) is 84.6 cm³/mol. The predicted octanol–water partition coefficient (Wildman–Crippen LogP) is 3.16. The first kappa shape index (κ1) is 12.5. The number of aromatic amines is 1. The summed E-state index contributed by atoms with van der Waals surface area (Å²) in [6, 6.07) is 13.4. The minimum absolute atomic E-state index is 0.530. The summed E-state index contributed by atoms with van der Waals surface area (Å²) in [7, 11) is 0. The van der Waals surface area contributed by atoms with Crippen molar-refractivity contribution < 1.29 is 0 Å². The maximum atomic E-state index is 4.50. The molecule has 0 saturated heterocycles. The molecule has 1 aromatic carbocycles. The van der Waals surface area contributed by atoms with Gasteiger partial charge in [0.05, 0.1) is 28.7 Å². The molecule has 3 heterocycles. The second kappa shape index (κ2) is 5.25. The number of H-pyrrole nitrogens is 1. The lowest BCUT2D eigenvalue weighted by Crippen LogP contribution is -1.98. The van der Waals surface area contributed by atoms with Crippen LogP contribution in [0.1, 0.15) is 0 Å². The summed E-state index contributed by atoms with van der Waals surface area (Å²) in [5.74, 6) is 0.530. The summed E-state index contributed by atoms with van der Waals surface area (Å²) in [6.45, 7) is 0. The summed E-state index contributed by atoms with van der Waals surface area (Å²) in [5, 5.41) is 3.20. The number of nitrogens with one attached hydrogen (secondary N) is 2. The van der Waals surface area contributed by atoms with E-state index in [2.05, 4.69) is 30.2 Å². The molecule has 6 nitrogen and oxygen atoms in total. The van der Waals surface area contributed by atoms with E-state index in [-0.39, 0.29) is 0 Å². The summed E-state index contributed by atoms with van der Waals surface area (Å²) in [5.41, 5.74) is 4.38. The van der Waals surface area contributed by atoms with Crippen LogP contribution in [0.4, 0.5) is 11.6 Å². The van der Waals surface area contributed by atoms with E-state index in [0.717, 1.165) is 28.1 Å². The van der Waals surface area contributed by atoms with Gasteiger partial charge in [0.1, 0.15) is 0 Å². The molecule has 0 aliphatic heterocycles. The summed E-state index contributed by atoms with van der Waals surface area (Å²) in [6.07, 6.45) is 5.14. The van der Waals surface area contributed by atoms with Crippen molar-refractivity contribution in [3.05, 3.63) is 61.2 Å². The van der Waals surface area contributed by atoms with Crippen LogP contribution in [0, 0.1) is 0 Å². The van der Waals surface area contributed by atoms with Crippen molar-refractivity contribution in [2.24, 2.45) is 0 Å². The zero-order chi connectivity index (χ0) is 14.8. The van der Waals surface area contributed by atoms with Gasteiger partial charge in [0.15, 0.2) is 0 Å². The number of aromatic nitrogens is 5. The lowest BCUT2D eigenvalue weighted by molar-refractivity contribution is 1.15. The van der Waals surface area contributed by atoms with E-state index in [1.807, 2.05) is 42.5 Å². The van der Waals surface area contributed by atoms with Crippen LogP contribution in [0.3, 0.4) is 0 Å². The van der Waals surface area contributed by atoms with E-state index in [1.54, 1.807) is 18.7 Å². The van der Waals surface area contributed by atoms with Crippen molar-refractivity contribution in [3.8, 4) is 11.4 Å². The summed E-state index contributed by atoms with van der Waals surface area (Å²) < 4.78 is 0. The largest absolute Gasteiger partial charge is 0.345 e. The zero-order valence-corrected chi connectivity index (χ0v) is 11.6. The Balaban J connectivity index is 1.65. The molecule has 0 amide bonds. The highest BCUT2D eigenvalue weighted by Gasteiger charge is 2.04. The highest BCUT2D eigenvalue weighted by atomic mass is 15.1. The van der Waals surface area contributed by atoms with Gasteiger partial charge in [0, 0.05) is 18.1 Å². The molecule has 0 fully saturated rings. The van der Waals surface area contributed by atoms with Gasteiger partial charge in [-0.05, 0) is 36.4 Å². The van der Waals surface area contributed by atoms with Crippen LogP contribution >= 0.6 is 0 Å². The third kappa shape index (κ3) is 2.37. The molecule has 106 valence electrons. The molecule has 2 N–H and O–H groups in total. The highest BCUT2D eigenvalue weighted by molar-refractivity contribution is 5.79. The number of rotatable bonds is 3. The standard InChI is InChI=1S/C16H12N6/c1-2-7-17-12(3-1)14-6-8-18-16(22-14)21-11-4-5-13-15(9-11)20-10-19-13/h1-10H,(H,19,20)(H,18,21,22). The van der Waals surface area contributed by atoms with Crippen molar-refractivity contribution in [1.29, 1.82) is 0 Å². The van der Waals surface area contributed by atoms with E-state index in [4.69, 9.17) is 0 Å². The molecule has 4 rings (SSSR count). The normalized spacial score (nSPS) is 10.7. The Morgan fingerprint density at radius 1 is 0.864 bits per heavy atom. The van der Waals surface area contributed by atoms with Crippen molar-refractivity contribution in [2.75, 3.05) is 5.32 Å². The van der Waals surface area contributed by atoms with E-state index in [1.165, 1.54) is 0 Å².